The van der Waals surface area contributed by atoms with Crippen molar-refractivity contribution in [1.82, 2.24) is 9.80 Å². The Balaban J connectivity index is 0.00000306. The number of hydrogen-bond donors (Lipinski definition) is 1. The number of rotatable bonds is 13. The van der Waals surface area contributed by atoms with Gasteiger partial charge in [0.05, 0.1) is 6.61 Å². The van der Waals surface area contributed by atoms with Gasteiger partial charge in [-0.15, -0.1) is 24.8 Å². The highest BCUT2D eigenvalue weighted by molar-refractivity contribution is 5.86. The van der Waals surface area contributed by atoms with E-state index < -0.39 is 0 Å². The van der Waals surface area contributed by atoms with Gasteiger partial charge in [0.2, 0.25) is 0 Å². The van der Waals surface area contributed by atoms with Crippen LogP contribution in [-0.2, 0) is 4.74 Å². The Morgan fingerprint density at radius 1 is 0.886 bits per heavy atom. The molecule has 1 N–H and O–H groups in total. The molecule has 2 heterocycles. The molecule has 0 spiro atoms. The quantitative estimate of drug-likeness (QED) is 0.284. The van der Waals surface area contributed by atoms with E-state index in [2.05, 4.69) is 22.0 Å². The molecule has 2 aliphatic rings. The van der Waals surface area contributed by atoms with Crippen molar-refractivity contribution < 1.29 is 14.3 Å². The van der Waals surface area contributed by atoms with Gasteiger partial charge in [-0.05, 0) is 70.4 Å². The summed E-state index contributed by atoms with van der Waals surface area (Å²) in [5, 5.41) is 2.93. The van der Waals surface area contributed by atoms with Gasteiger partial charge in [-0.25, -0.2) is 4.79 Å². The molecule has 202 valence electrons. The predicted molar refractivity (Wildman–Crippen MR) is 150 cm³/mol. The smallest absolute Gasteiger partial charge is 0.411 e. The lowest BCUT2D eigenvalue weighted by molar-refractivity contribution is 0.0438. The van der Waals surface area contributed by atoms with Crippen LogP contribution < -0.4 is 10.1 Å². The first-order chi connectivity index (χ1) is 16.2. The molecule has 1 aromatic carbocycles. The second-order valence-corrected chi connectivity index (χ2v) is 9.67. The van der Waals surface area contributed by atoms with Gasteiger partial charge in [-0.1, -0.05) is 51.5 Å². The Kier molecular flexibility index (Phi) is 17.3. The monoisotopic (exact) mass is 531 g/mol. The van der Waals surface area contributed by atoms with Crippen molar-refractivity contribution in [2.24, 2.45) is 0 Å². The topological polar surface area (TPSA) is 54.0 Å². The van der Waals surface area contributed by atoms with Crippen LogP contribution in [0.15, 0.2) is 24.3 Å². The van der Waals surface area contributed by atoms with E-state index in [9.17, 15) is 4.79 Å². The summed E-state index contributed by atoms with van der Waals surface area (Å²) in [4.78, 5) is 17.7. The van der Waals surface area contributed by atoms with Crippen molar-refractivity contribution in [2.45, 2.75) is 83.7 Å². The Bertz CT molecular complexity index is 663. The zero-order valence-corrected chi connectivity index (χ0v) is 23.2. The van der Waals surface area contributed by atoms with Crippen molar-refractivity contribution in [1.29, 1.82) is 0 Å². The highest BCUT2D eigenvalue weighted by atomic mass is 35.5. The average Bonchev–Trinajstić information content (AvgIpc) is 2.83. The zero-order chi connectivity index (χ0) is 23.1. The minimum Gasteiger partial charge on any atom is -0.494 e. The van der Waals surface area contributed by atoms with E-state index in [4.69, 9.17) is 9.47 Å². The highest BCUT2D eigenvalue weighted by Crippen LogP contribution is 2.19. The maximum Gasteiger partial charge on any atom is 0.411 e. The summed E-state index contributed by atoms with van der Waals surface area (Å²) in [6.45, 7) is 9.03. The molecule has 2 fully saturated rings. The summed E-state index contributed by atoms with van der Waals surface area (Å²) in [7, 11) is 0. The maximum absolute atomic E-state index is 12.8. The Hall–Kier alpha value is -1.21. The molecule has 0 aliphatic carbocycles. The summed E-state index contributed by atoms with van der Waals surface area (Å²) in [5.74, 6) is 0.793. The summed E-state index contributed by atoms with van der Waals surface area (Å²) in [6.07, 6.45) is 13.2. The lowest BCUT2D eigenvalue weighted by Crippen LogP contribution is -2.45. The van der Waals surface area contributed by atoms with Crippen molar-refractivity contribution in [3.63, 3.8) is 0 Å². The molecule has 3 rings (SSSR count). The molecule has 2 aliphatic heterocycles. The minimum atomic E-state index is -0.370. The van der Waals surface area contributed by atoms with Crippen LogP contribution in [0.1, 0.15) is 77.6 Å². The van der Waals surface area contributed by atoms with Gasteiger partial charge >= 0.3 is 6.09 Å². The van der Waals surface area contributed by atoms with Gasteiger partial charge in [-0.3, -0.25) is 15.1 Å². The van der Waals surface area contributed by atoms with Gasteiger partial charge in [0.15, 0.2) is 0 Å². The Morgan fingerprint density at radius 2 is 1.49 bits per heavy atom. The molecule has 0 unspecified atom stereocenters. The van der Waals surface area contributed by atoms with Gasteiger partial charge in [-0.2, -0.15) is 0 Å². The Morgan fingerprint density at radius 3 is 2.09 bits per heavy atom. The van der Waals surface area contributed by atoms with E-state index in [1.165, 1.54) is 64.2 Å². The fraction of sp³-hybridized carbons (Fsp3) is 0.741. The molecular weight excluding hydrogens is 485 g/mol. The van der Waals surface area contributed by atoms with Crippen LogP contribution in [0.2, 0.25) is 0 Å². The first-order valence-corrected chi connectivity index (χ1v) is 13.4. The molecule has 35 heavy (non-hydrogen) atoms. The van der Waals surface area contributed by atoms with Crippen molar-refractivity contribution >= 4 is 36.6 Å². The molecule has 0 bridgehead atoms. The number of benzene rings is 1. The van der Waals surface area contributed by atoms with Crippen LogP contribution in [0.3, 0.4) is 0 Å². The molecule has 0 radical (unpaired) electrons. The molecule has 0 aromatic heterocycles. The summed E-state index contributed by atoms with van der Waals surface area (Å²) in [5.41, 5.74) is 0.721. The number of carbonyl (C=O) groups excluding carboxylic acids is 1. The molecule has 2 saturated heterocycles. The number of ether oxygens (including phenoxy) is 2. The van der Waals surface area contributed by atoms with Crippen molar-refractivity contribution in [2.75, 3.05) is 51.2 Å². The molecule has 0 saturated carbocycles. The third-order valence-corrected chi connectivity index (χ3v) is 6.69. The van der Waals surface area contributed by atoms with E-state index in [-0.39, 0.29) is 37.0 Å². The van der Waals surface area contributed by atoms with Gasteiger partial charge in [0.25, 0.3) is 0 Å². The molecule has 0 atom stereocenters. The van der Waals surface area contributed by atoms with E-state index in [1.54, 1.807) is 0 Å². The first kappa shape index (κ1) is 31.8. The van der Waals surface area contributed by atoms with E-state index in [0.717, 1.165) is 57.1 Å². The number of halogens is 2. The molecule has 6 nitrogen and oxygen atoms in total. The normalized spacial score (nSPS) is 16.7. The number of carbonyl (C=O) groups is 1. The van der Waals surface area contributed by atoms with Crippen LogP contribution in [-0.4, -0.2) is 67.9 Å². The number of likely N-dealkylation sites (tertiary alicyclic amines) is 2. The number of nitrogens with one attached hydrogen (secondary N) is 1. The summed E-state index contributed by atoms with van der Waals surface area (Å²) < 4.78 is 11.8. The second-order valence-electron chi connectivity index (χ2n) is 9.67. The van der Waals surface area contributed by atoms with Crippen LogP contribution in [0, 0.1) is 0 Å². The standard InChI is InChI=1S/C27H45N3O3.2ClH/c1-2-3-4-5-12-20-32-25-15-13-14-24(21-25)28-27(31)33-26(22-29-16-8-6-9-17-29)23-30-18-10-7-11-19-30;;/h13-15,21,26H,2-12,16-20,22-23H2,1H3,(H,28,31);2*1H. The largest absolute Gasteiger partial charge is 0.494 e. The summed E-state index contributed by atoms with van der Waals surface area (Å²) >= 11 is 0. The SMILES string of the molecule is CCCCCCCOc1cccc(NC(=O)OC(CN2CCCCC2)CN2CCCCC2)c1.Cl.Cl. The number of nitrogens with zero attached hydrogens (tertiary/aromatic N) is 2. The van der Waals surface area contributed by atoms with Gasteiger partial charge in [0, 0.05) is 24.8 Å². The number of amides is 1. The minimum absolute atomic E-state index is 0. The summed E-state index contributed by atoms with van der Waals surface area (Å²) in [6, 6.07) is 7.64. The third kappa shape index (κ3) is 13.1. The average molecular weight is 533 g/mol. The molecule has 8 heteroatoms. The van der Waals surface area contributed by atoms with E-state index in [1.807, 2.05) is 24.3 Å². The number of unbranched alkanes of at least 4 members (excludes halogenated alkanes) is 4. The number of hydrogen-bond acceptors (Lipinski definition) is 5. The van der Waals surface area contributed by atoms with Crippen LogP contribution in [0.25, 0.3) is 0 Å². The Labute approximate surface area is 225 Å². The first-order valence-electron chi connectivity index (χ1n) is 13.4. The fourth-order valence-corrected chi connectivity index (χ4v) is 4.85. The highest BCUT2D eigenvalue weighted by Gasteiger charge is 2.23. The van der Waals surface area contributed by atoms with Gasteiger partial charge < -0.3 is 9.47 Å². The molecular formula is C27H47Cl2N3O3. The lowest BCUT2D eigenvalue weighted by Gasteiger charge is -2.34. The third-order valence-electron chi connectivity index (χ3n) is 6.69. The van der Waals surface area contributed by atoms with Gasteiger partial charge in [0.1, 0.15) is 11.9 Å². The van der Waals surface area contributed by atoms with Crippen molar-refractivity contribution in [3.05, 3.63) is 24.3 Å². The zero-order valence-electron chi connectivity index (χ0n) is 21.6. The van der Waals surface area contributed by atoms with Crippen LogP contribution >= 0.6 is 24.8 Å². The maximum atomic E-state index is 12.8. The van der Waals surface area contributed by atoms with Crippen LogP contribution in [0.4, 0.5) is 10.5 Å². The fourth-order valence-electron chi connectivity index (χ4n) is 4.85. The molecule has 1 amide bonds. The number of piperidine rings is 2. The number of anilines is 1. The van der Waals surface area contributed by atoms with E-state index in [0.29, 0.717) is 6.61 Å². The predicted octanol–water partition coefficient (Wildman–Crippen LogP) is 6.77. The second kappa shape index (κ2) is 19.0. The van der Waals surface area contributed by atoms with Crippen molar-refractivity contribution in [3.8, 4) is 5.75 Å². The van der Waals surface area contributed by atoms with Crippen LogP contribution in [0.5, 0.6) is 5.75 Å². The lowest BCUT2D eigenvalue weighted by atomic mass is 10.1. The molecule has 1 aromatic rings. The van der Waals surface area contributed by atoms with E-state index >= 15 is 0 Å².